The van der Waals surface area contributed by atoms with Crippen molar-refractivity contribution in [3.05, 3.63) is 134 Å². The minimum Gasteiger partial charge on any atom is -0.394 e. The molecule has 19 nitrogen and oxygen atoms in total. The van der Waals surface area contributed by atoms with Gasteiger partial charge in [-0.2, -0.15) is 0 Å². The van der Waals surface area contributed by atoms with Crippen LogP contribution in [0, 0.1) is 0 Å². The third kappa shape index (κ3) is 37.4. The molecule has 0 saturated carbocycles. The number of ether oxygens (including phenoxy) is 6. The standard InChI is InChI=1S/C77H127NO18/c1-3-5-7-9-11-13-15-17-19-21-22-23-24-25-26-27-28-29-30-31-32-33-34-35-36-37-38-39-41-43-45-47-49-51-53-55-65(83)78-60(61(82)54-52-50-48-46-44-42-40-20-18-16-14-12-10-8-6-4-2)59-91-75-71(89)68(86)73(63(57-80)93-75)96-77-72(90)69(87)74(64(58-81)94-77)95-76-70(88)67(85)66(84)62(56-79)92-76/h5,7,11,13,17,19,22-23,25-26,28-29,31-32,34-35,37-38,44,46,52,54,60-64,66-77,79-82,84-90H,3-4,6,8-10,12,14-16,18,20-21,24,27,30,33,36,39-43,45,47-51,53,55-59H2,1-2H3,(H,78,83)/b7-5-,13-11-,19-17-,23-22-,26-25-,29-28-,32-31-,35-34-,38-37-,46-44+,54-52+. The number of aliphatic hydroxyl groups excluding tert-OH is 11. The van der Waals surface area contributed by atoms with Gasteiger partial charge in [0.05, 0.1) is 38.6 Å². The average Bonchev–Trinajstić information content (AvgIpc) is 0.798. The van der Waals surface area contributed by atoms with Crippen molar-refractivity contribution in [1.82, 2.24) is 5.32 Å². The Balaban J connectivity index is 1.40. The lowest BCUT2D eigenvalue weighted by Gasteiger charge is -2.48. The molecule has 0 bridgehead atoms. The quantitative estimate of drug-likeness (QED) is 0.0199. The summed E-state index contributed by atoms with van der Waals surface area (Å²) in [6, 6.07) is -1.01. The molecular formula is C77H127NO18. The normalized spacial score (nSPS) is 27.9. The Kier molecular flexibility index (Phi) is 50.8. The van der Waals surface area contributed by atoms with Crippen molar-refractivity contribution in [2.75, 3.05) is 26.4 Å². The van der Waals surface area contributed by atoms with Crippen LogP contribution < -0.4 is 5.32 Å². The highest BCUT2D eigenvalue weighted by Gasteiger charge is 2.53. The van der Waals surface area contributed by atoms with Gasteiger partial charge in [-0.1, -0.05) is 237 Å². The van der Waals surface area contributed by atoms with Gasteiger partial charge in [0, 0.05) is 6.42 Å². The second-order valence-electron chi connectivity index (χ2n) is 25.3. The van der Waals surface area contributed by atoms with E-state index >= 15 is 0 Å². The molecule has 1 amide bonds. The predicted molar refractivity (Wildman–Crippen MR) is 378 cm³/mol. The number of hydrogen-bond donors (Lipinski definition) is 12. The molecule has 3 aliphatic heterocycles. The lowest BCUT2D eigenvalue weighted by molar-refractivity contribution is -0.379. The number of unbranched alkanes of at least 4 members (excludes halogenated alkanes) is 18. The van der Waals surface area contributed by atoms with Crippen molar-refractivity contribution in [3.8, 4) is 0 Å². The molecule has 3 saturated heterocycles. The van der Waals surface area contributed by atoms with E-state index in [4.69, 9.17) is 28.4 Å². The fraction of sp³-hybridized carbons (Fsp3) is 0.701. The maximum Gasteiger partial charge on any atom is 0.220 e. The van der Waals surface area contributed by atoms with Crippen LogP contribution in [0.15, 0.2) is 134 Å². The molecule has 3 aliphatic rings. The lowest BCUT2D eigenvalue weighted by atomic mass is 9.96. The molecule has 17 unspecified atom stereocenters. The zero-order valence-electron chi connectivity index (χ0n) is 58.0. The van der Waals surface area contributed by atoms with E-state index in [0.717, 1.165) is 122 Å². The summed E-state index contributed by atoms with van der Waals surface area (Å²) in [4.78, 5) is 13.4. The number of amides is 1. The summed E-state index contributed by atoms with van der Waals surface area (Å²) in [6.45, 7) is 1.57. The van der Waals surface area contributed by atoms with Crippen LogP contribution in [0.25, 0.3) is 0 Å². The van der Waals surface area contributed by atoms with Gasteiger partial charge in [0.25, 0.3) is 0 Å². The van der Waals surface area contributed by atoms with Crippen LogP contribution in [0.1, 0.15) is 213 Å². The van der Waals surface area contributed by atoms with Gasteiger partial charge in [-0.3, -0.25) is 4.79 Å². The minimum absolute atomic E-state index is 0.213. The van der Waals surface area contributed by atoms with Gasteiger partial charge in [-0.25, -0.2) is 0 Å². The van der Waals surface area contributed by atoms with Crippen LogP contribution in [0.3, 0.4) is 0 Å². The van der Waals surface area contributed by atoms with E-state index in [1.807, 2.05) is 6.08 Å². The molecule has 3 rings (SSSR count). The Bertz CT molecular complexity index is 2260. The van der Waals surface area contributed by atoms with Crippen molar-refractivity contribution in [3.63, 3.8) is 0 Å². The van der Waals surface area contributed by atoms with E-state index in [0.29, 0.717) is 12.8 Å². The van der Waals surface area contributed by atoms with Crippen LogP contribution in [0.5, 0.6) is 0 Å². The van der Waals surface area contributed by atoms with Gasteiger partial charge in [0.2, 0.25) is 5.91 Å². The van der Waals surface area contributed by atoms with Crippen molar-refractivity contribution in [1.29, 1.82) is 0 Å². The Morgan fingerprint density at radius 1 is 0.385 bits per heavy atom. The van der Waals surface area contributed by atoms with E-state index in [-0.39, 0.29) is 18.9 Å². The minimum atomic E-state index is -1.99. The number of allylic oxidation sites excluding steroid dienone is 21. The first-order valence-corrected chi connectivity index (χ1v) is 36.4. The number of carbonyl (C=O) groups is 1. The van der Waals surface area contributed by atoms with Crippen molar-refractivity contribution >= 4 is 5.91 Å². The van der Waals surface area contributed by atoms with Gasteiger partial charge in [-0.15, -0.1) is 0 Å². The van der Waals surface area contributed by atoms with Gasteiger partial charge in [0.1, 0.15) is 73.2 Å². The summed E-state index contributed by atoms with van der Waals surface area (Å²) >= 11 is 0. The number of rotatable bonds is 54. The third-order valence-corrected chi connectivity index (χ3v) is 17.2. The third-order valence-electron chi connectivity index (χ3n) is 17.2. The highest BCUT2D eigenvalue weighted by atomic mass is 16.8. The highest BCUT2D eigenvalue weighted by Crippen LogP contribution is 2.33. The van der Waals surface area contributed by atoms with E-state index in [1.54, 1.807) is 6.08 Å². The Labute approximate surface area is 575 Å². The predicted octanol–water partition coefficient (Wildman–Crippen LogP) is 10.5. The van der Waals surface area contributed by atoms with Crippen molar-refractivity contribution < 1.29 is 89.4 Å². The van der Waals surface area contributed by atoms with E-state index in [1.165, 1.54) is 57.8 Å². The second-order valence-corrected chi connectivity index (χ2v) is 25.3. The number of hydrogen-bond acceptors (Lipinski definition) is 18. The smallest absolute Gasteiger partial charge is 0.220 e. The zero-order valence-corrected chi connectivity index (χ0v) is 58.0. The first kappa shape index (κ1) is 86.2. The summed E-state index contributed by atoms with van der Waals surface area (Å²) in [5.74, 6) is -0.303. The van der Waals surface area contributed by atoms with E-state index in [9.17, 15) is 61.0 Å². The molecule has 12 N–H and O–H groups in total. The molecule has 0 aromatic heterocycles. The largest absolute Gasteiger partial charge is 0.394 e. The number of nitrogens with one attached hydrogen (secondary N) is 1. The monoisotopic (exact) mass is 1350 g/mol. The molecule has 0 radical (unpaired) electrons. The molecule has 548 valence electrons. The maximum absolute atomic E-state index is 13.4. The summed E-state index contributed by atoms with van der Waals surface area (Å²) < 4.78 is 34.3. The average molecular weight is 1350 g/mol. The first-order valence-electron chi connectivity index (χ1n) is 36.4. The number of aliphatic hydroxyl groups is 11. The van der Waals surface area contributed by atoms with Crippen LogP contribution in [0.4, 0.5) is 0 Å². The van der Waals surface area contributed by atoms with Crippen LogP contribution >= 0.6 is 0 Å². The van der Waals surface area contributed by atoms with Crippen LogP contribution in [-0.2, 0) is 33.2 Å². The Hall–Kier alpha value is -4.07. The zero-order chi connectivity index (χ0) is 69.6. The van der Waals surface area contributed by atoms with Gasteiger partial charge in [0.15, 0.2) is 18.9 Å². The van der Waals surface area contributed by atoms with Crippen LogP contribution in [-0.4, -0.2) is 193 Å². The molecule has 3 heterocycles. The molecule has 0 aliphatic carbocycles. The molecule has 0 aromatic carbocycles. The summed E-state index contributed by atoms with van der Waals surface area (Å²) in [5.41, 5.74) is 0. The maximum atomic E-state index is 13.4. The van der Waals surface area contributed by atoms with Crippen molar-refractivity contribution in [2.45, 2.75) is 317 Å². The molecule has 96 heavy (non-hydrogen) atoms. The molecule has 17 atom stereocenters. The first-order chi connectivity index (χ1) is 46.8. The summed E-state index contributed by atoms with van der Waals surface area (Å²) in [6.07, 6.45) is 52.8. The summed E-state index contributed by atoms with van der Waals surface area (Å²) in [7, 11) is 0. The van der Waals surface area contributed by atoms with Gasteiger partial charge in [-0.05, 0) is 103 Å². The Morgan fingerprint density at radius 2 is 0.729 bits per heavy atom. The summed E-state index contributed by atoms with van der Waals surface area (Å²) in [5, 5.41) is 121. The van der Waals surface area contributed by atoms with E-state index in [2.05, 4.69) is 141 Å². The van der Waals surface area contributed by atoms with E-state index < -0.39 is 124 Å². The molecule has 3 fully saturated rings. The second kappa shape index (κ2) is 56.7. The van der Waals surface area contributed by atoms with Gasteiger partial charge >= 0.3 is 0 Å². The van der Waals surface area contributed by atoms with Gasteiger partial charge < -0.3 is 89.9 Å². The lowest BCUT2D eigenvalue weighted by Crippen LogP contribution is -2.66. The molecule has 0 aromatic rings. The fourth-order valence-corrected chi connectivity index (χ4v) is 11.3. The SMILES string of the molecule is CC/C=C\C/C=C\C/C=C\C/C=C\C/C=C\C/C=C\C/C=C\C/C=C\C/C=C\CCCCCCCCCC(=O)NC(COC1OC(CO)C(OC2OC(CO)C(OC3OC(CO)C(O)C(O)C3O)C(O)C2O)C(O)C1O)C(O)/C=C/CC/C=C/CCCCCCCCCCCC. The molecule has 0 spiro atoms. The molecular weight excluding hydrogens is 1230 g/mol. The highest BCUT2D eigenvalue weighted by molar-refractivity contribution is 5.76. The number of carbonyl (C=O) groups excluding carboxylic acids is 1. The van der Waals surface area contributed by atoms with Crippen LogP contribution in [0.2, 0.25) is 0 Å². The van der Waals surface area contributed by atoms with Crippen molar-refractivity contribution in [2.24, 2.45) is 0 Å². The topological polar surface area (TPSA) is 307 Å². The molecule has 19 heteroatoms. The Morgan fingerprint density at radius 3 is 1.17 bits per heavy atom. The fourth-order valence-electron chi connectivity index (χ4n) is 11.3.